The number of aliphatic hydroxyl groups is 1. The topological polar surface area (TPSA) is 62.6 Å². The number of hydrogen-bond donors (Lipinski definition) is 2. The van der Waals surface area contributed by atoms with Crippen molar-refractivity contribution in [2.75, 3.05) is 19.7 Å². The van der Waals surface area contributed by atoms with Gasteiger partial charge in [0.2, 0.25) is 0 Å². The van der Waals surface area contributed by atoms with Crippen molar-refractivity contribution >= 4 is 0 Å². The largest absolute Gasteiger partial charge is 0.491 e. The lowest BCUT2D eigenvalue weighted by atomic mass is 10.00. The lowest BCUT2D eigenvalue weighted by Gasteiger charge is -2.30. The van der Waals surface area contributed by atoms with E-state index < -0.39 is 6.10 Å². The molecule has 0 saturated heterocycles. The van der Waals surface area contributed by atoms with Gasteiger partial charge in [0, 0.05) is 51.0 Å². The molecule has 0 spiro atoms. The van der Waals surface area contributed by atoms with Crippen molar-refractivity contribution in [3.05, 3.63) is 83.2 Å². The Balaban J connectivity index is 1.20. The standard InChI is InChI=1S/C25H32N4O2/c1-2-29-16-21(15-27-29)14-26-13-20-6-5-9-25(12-20)31-19-24(30)18-28-11-10-22-7-3-4-8-23(22)17-28/h3-9,12,15-16,24,26,30H,2,10-11,13-14,17-19H2,1H3. The summed E-state index contributed by atoms with van der Waals surface area (Å²) < 4.78 is 7.81. The van der Waals surface area contributed by atoms with Gasteiger partial charge in [0.1, 0.15) is 18.5 Å². The molecule has 1 aromatic heterocycles. The van der Waals surface area contributed by atoms with E-state index in [2.05, 4.69) is 58.8 Å². The van der Waals surface area contributed by atoms with Crippen molar-refractivity contribution in [2.45, 2.75) is 45.6 Å². The number of aryl methyl sites for hydroxylation is 1. The Bertz CT molecular complexity index is 971. The third-order valence-electron chi connectivity index (χ3n) is 5.69. The van der Waals surface area contributed by atoms with Gasteiger partial charge in [0.05, 0.1) is 6.20 Å². The van der Waals surface area contributed by atoms with Crippen LogP contribution in [0.5, 0.6) is 5.75 Å². The minimum atomic E-state index is -0.512. The molecule has 1 aliphatic heterocycles. The van der Waals surface area contributed by atoms with E-state index in [0.29, 0.717) is 13.2 Å². The van der Waals surface area contributed by atoms with E-state index in [1.54, 1.807) is 0 Å². The summed E-state index contributed by atoms with van der Waals surface area (Å²) >= 11 is 0. The van der Waals surface area contributed by atoms with Gasteiger partial charge in [0.15, 0.2) is 0 Å². The van der Waals surface area contributed by atoms with E-state index in [1.807, 2.05) is 29.1 Å². The predicted octanol–water partition coefficient (Wildman–Crippen LogP) is 2.99. The maximum atomic E-state index is 10.5. The normalized spacial score (nSPS) is 14.9. The number of β-amino-alcohol motifs (C(OH)–C–C–N with tert-alkyl or cyclic N) is 1. The fourth-order valence-corrected chi connectivity index (χ4v) is 4.02. The van der Waals surface area contributed by atoms with Crippen LogP contribution >= 0.6 is 0 Å². The molecule has 6 heteroatoms. The van der Waals surface area contributed by atoms with Gasteiger partial charge in [-0.05, 0) is 42.2 Å². The van der Waals surface area contributed by atoms with Gasteiger partial charge >= 0.3 is 0 Å². The van der Waals surface area contributed by atoms with Crippen molar-refractivity contribution in [3.8, 4) is 5.75 Å². The van der Waals surface area contributed by atoms with Crippen LogP contribution in [0.15, 0.2) is 60.9 Å². The molecular weight excluding hydrogens is 388 g/mol. The molecule has 0 bridgehead atoms. The zero-order valence-corrected chi connectivity index (χ0v) is 18.2. The smallest absolute Gasteiger partial charge is 0.119 e. The summed E-state index contributed by atoms with van der Waals surface area (Å²) in [7, 11) is 0. The van der Waals surface area contributed by atoms with Crippen molar-refractivity contribution in [2.24, 2.45) is 0 Å². The van der Waals surface area contributed by atoms with Crippen LogP contribution in [-0.2, 0) is 32.6 Å². The van der Waals surface area contributed by atoms with Gasteiger partial charge in [-0.3, -0.25) is 9.58 Å². The molecule has 0 saturated carbocycles. The van der Waals surface area contributed by atoms with Crippen molar-refractivity contribution in [1.29, 1.82) is 0 Å². The molecule has 0 aliphatic carbocycles. The van der Waals surface area contributed by atoms with Crippen LogP contribution in [0.4, 0.5) is 0 Å². The fourth-order valence-electron chi connectivity index (χ4n) is 4.02. The molecule has 0 amide bonds. The summed E-state index contributed by atoms with van der Waals surface area (Å²) in [5, 5.41) is 18.2. The van der Waals surface area contributed by atoms with Gasteiger partial charge in [-0.2, -0.15) is 5.10 Å². The Hall–Kier alpha value is -2.67. The van der Waals surface area contributed by atoms with Gasteiger partial charge in [-0.1, -0.05) is 36.4 Å². The third kappa shape index (κ3) is 6.17. The Labute approximate surface area is 184 Å². The van der Waals surface area contributed by atoms with Crippen LogP contribution < -0.4 is 10.1 Å². The van der Waals surface area contributed by atoms with Crippen molar-refractivity contribution in [1.82, 2.24) is 20.0 Å². The summed E-state index contributed by atoms with van der Waals surface area (Å²) in [6.45, 7) is 7.30. The SMILES string of the molecule is CCn1cc(CNCc2cccc(OCC(O)CN3CCc4ccccc4C3)c2)cn1. The second-order valence-corrected chi connectivity index (χ2v) is 8.17. The predicted molar refractivity (Wildman–Crippen MR) is 122 cm³/mol. The molecule has 4 rings (SSSR count). The highest BCUT2D eigenvalue weighted by atomic mass is 16.5. The first kappa shape index (κ1) is 21.6. The Morgan fingerprint density at radius 2 is 1.94 bits per heavy atom. The number of benzene rings is 2. The lowest BCUT2D eigenvalue weighted by Crippen LogP contribution is -2.38. The second-order valence-electron chi connectivity index (χ2n) is 8.17. The first-order valence-electron chi connectivity index (χ1n) is 11.1. The van der Waals surface area contributed by atoms with Crippen LogP contribution in [0.2, 0.25) is 0 Å². The molecule has 2 heterocycles. The summed E-state index contributed by atoms with van der Waals surface area (Å²) in [4.78, 5) is 2.30. The maximum absolute atomic E-state index is 10.5. The van der Waals surface area contributed by atoms with E-state index in [0.717, 1.165) is 50.5 Å². The molecule has 1 aliphatic rings. The van der Waals surface area contributed by atoms with Gasteiger partial charge in [0.25, 0.3) is 0 Å². The zero-order chi connectivity index (χ0) is 21.5. The maximum Gasteiger partial charge on any atom is 0.119 e. The van der Waals surface area contributed by atoms with Crippen LogP contribution in [0.3, 0.4) is 0 Å². The van der Waals surface area contributed by atoms with Crippen LogP contribution in [-0.4, -0.2) is 45.6 Å². The second kappa shape index (κ2) is 10.6. The lowest BCUT2D eigenvalue weighted by molar-refractivity contribution is 0.0637. The number of aliphatic hydroxyl groups excluding tert-OH is 1. The van der Waals surface area contributed by atoms with Crippen molar-refractivity contribution < 1.29 is 9.84 Å². The number of fused-ring (bicyclic) bond motifs is 1. The molecule has 1 unspecified atom stereocenters. The summed E-state index contributed by atoms with van der Waals surface area (Å²) in [5.74, 6) is 0.793. The monoisotopic (exact) mass is 420 g/mol. The van der Waals surface area contributed by atoms with Gasteiger partial charge in [-0.25, -0.2) is 0 Å². The molecule has 1 atom stereocenters. The highest BCUT2D eigenvalue weighted by Gasteiger charge is 2.18. The number of aromatic nitrogens is 2. The van der Waals surface area contributed by atoms with Gasteiger partial charge < -0.3 is 15.2 Å². The molecule has 6 nitrogen and oxygen atoms in total. The highest BCUT2D eigenvalue weighted by molar-refractivity contribution is 5.29. The highest BCUT2D eigenvalue weighted by Crippen LogP contribution is 2.19. The quantitative estimate of drug-likeness (QED) is 0.528. The van der Waals surface area contributed by atoms with Crippen LogP contribution in [0, 0.1) is 0 Å². The molecular formula is C25H32N4O2. The van der Waals surface area contributed by atoms with E-state index in [4.69, 9.17) is 4.74 Å². The molecule has 3 aromatic rings. The van der Waals surface area contributed by atoms with E-state index in [-0.39, 0.29) is 0 Å². The molecule has 31 heavy (non-hydrogen) atoms. The average molecular weight is 421 g/mol. The van der Waals surface area contributed by atoms with Crippen LogP contribution in [0.1, 0.15) is 29.2 Å². The average Bonchev–Trinajstić information content (AvgIpc) is 3.26. The Morgan fingerprint density at radius 1 is 1.10 bits per heavy atom. The van der Waals surface area contributed by atoms with E-state index in [9.17, 15) is 5.11 Å². The van der Waals surface area contributed by atoms with Crippen LogP contribution in [0.25, 0.3) is 0 Å². The summed E-state index contributed by atoms with van der Waals surface area (Å²) in [5.41, 5.74) is 5.12. The van der Waals surface area contributed by atoms with E-state index >= 15 is 0 Å². The third-order valence-corrected chi connectivity index (χ3v) is 5.69. The zero-order valence-electron chi connectivity index (χ0n) is 18.2. The number of ether oxygens (including phenoxy) is 1. The number of rotatable bonds is 10. The molecule has 0 radical (unpaired) electrons. The number of nitrogens with one attached hydrogen (secondary N) is 1. The molecule has 164 valence electrons. The number of hydrogen-bond acceptors (Lipinski definition) is 5. The van der Waals surface area contributed by atoms with Gasteiger partial charge in [-0.15, -0.1) is 0 Å². The molecule has 2 N–H and O–H groups in total. The Morgan fingerprint density at radius 3 is 2.77 bits per heavy atom. The first-order valence-corrected chi connectivity index (χ1v) is 11.1. The number of nitrogens with zero attached hydrogens (tertiary/aromatic N) is 3. The minimum Gasteiger partial charge on any atom is -0.491 e. The molecule has 0 fully saturated rings. The van der Waals surface area contributed by atoms with E-state index in [1.165, 1.54) is 16.7 Å². The van der Waals surface area contributed by atoms with Crippen molar-refractivity contribution in [3.63, 3.8) is 0 Å². The minimum absolute atomic E-state index is 0.297. The fraction of sp³-hybridized carbons (Fsp3) is 0.400. The molecule has 2 aromatic carbocycles. The summed E-state index contributed by atoms with van der Waals surface area (Å²) in [6, 6.07) is 16.6. The Kier molecular flexibility index (Phi) is 7.35. The first-order chi connectivity index (χ1) is 15.2. The summed E-state index contributed by atoms with van der Waals surface area (Å²) in [6.07, 6.45) is 4.49.